The first-order valence-corrected chi connectivity index (χ1v) is 7.18. The van der Waals surface area contributed by atoms with Crippen LogP contribution in [0.15, 0.2) is 36.4 Å². The predicted molar refractivity (Wildman–Crippen MR) is 89.3 cm³/mol. The third kappa shape index (κ3) is 3.87. The summed E-state index contributed by atoms with van der Waals surface area (Å²) >= 11 is 6.10. The quantitative estimate of drug-likeness (QED) is 0.829. The summed E-state index contributed by atoms with van der Waals surface area (Å²) in [4.78, 5) is 24.0. The molecule has 5 nitrogen and oxygen atoms in total. The predicted octanol–water partition coefficient (Wildman–Crippen LogP) is 3.41. The van der Waals surface area contributed by atoms with Crippen molar-refractivity contribution in [2.75, 3.05) is 10.6 Å². The summed E-state index contributed by atoms with van der Waals surface area (Å²) in [6.45, 7) is 3.67. The average Bonchev–Trinajstić information content (AvgIpc) is 2.51. The summed E-state index contributed by atoms with van der Waals surface area (Å²) in [5.41, 5.74) is 2.66. The van der Waals surface area contributed by atoms with Gasteiger partial charge in [0.05, 0.1) is 22.0 Å². The second-order valence-electron chi connectivity index (χ2n) is 5.00. The van der Waals surface area contributed by atoms with Crippen molar-refractivity contribution in [3.63, 3.8) is 0 Å². The molecule has 2 aromatic carbocycles. The Morgan fingerprint density at radius 2 is 1.74 bits per heavy atom. The molecule has 116 valence electrons. The third-order valence-electron chi connectivity index (χ3n) is 3.17. The number of halogens is 1. The van der Waals surface area contributed by atoms with E-state index in [2.05, 4.69) is 10.6 Å². The van der Waals surface area contributed by atoms with Crippen LogP contribution in [0.1, 0.15) is 16.7 Å². The minimum absolute atomic E-state index is 0.276. The Labute approximate surface area is 138 Å². The fraction of sp³-hybridized carbons (Fsp3) is 0.118. The van der Waals surface area contributed by atoms with E-state index in [1.54, 1.807) is 37.3 Å². The molecule has 2 rings (SSSR count). The van der Waals surface area contributed by atoms with Crippen molar-refractivity contribution in [1.82, 2.24) is 0 Å². The van der Waals surface area contributed by atoms with Gasteiger partial charge in [0.25, 0.3) is 0 Å². The maximum Gasteiger partial charge on any atom is 0.314 e. The number of nitrogens with zero attached hydrogens (tertiary/aromatic N) is 1. The number of rotatable bonds is 2. The largest absolute Gasteiger partial charge is 0.317 e. The van der Waals surface area contributed by atoms with Crippen LogP contribution in [-0.2, 0) is 9.59 Å². The number of benzene rings is 2. The molecule has 23 heavy (non-hydrogen) atoms. The highest BCUT2D eigenvalue weighted by Crippen LogP contribution is 2.27. The fourth-order valence-electron chi connectivity index (χ4n) is 2.11. The Balaban J connectivity index is 2.16. The second-order valence-corrected chi connectivity index (χ2v) is 5.41. The van der Waals surface area contributed by atoms with Crippen molar-refractivity contribution < 1.29 is 9.59 Å². The zero-order valence-corrected chi connectivity index (χ0v) is 13.4. The summed E-state index contributed by atoms with van der Waals surface area (Å²) in [6.07, 6.45) is 0. The van der Waals surface area contributed by atoms with E-state index in [1.165, 1.54) is 0 Å². The Hall–Kier alpha value is -2.84. The topological polar surface area (TPSA) is 82.0 Å². The van der Waals surface area contributed by atoms with Gasteiger partial charge >= 0.3 is 11.8 Å². The molecule has 0 heterocycles. The van der Waals surface area contributed by atoms with Gasteiger partial charge < -0.3 is 10.6 Å². The highest BCUT2D eigenvalue weighted by atomic mass is 35.5. The number of nitrogens with one attached hydrogen (secondary N) is 2. The standard InChI is InChI=1S/C17H14ClN3O2/c1-10-7-11(2)15(13(18)8-10)21-17(23)16(22)20-14-6-4-3-5-12(14)9-19/h3-8H,1-2H3,(H,20,22)(H,21,23). The molecule has 0 aliphatic rings. The lowest BCUT2D eigenvalue weighted by molar-refractivity contribution is -0.133. The monoisotopic (exact) mass is 327 g/mol. The van der Waals surface area contributed by atoms with Crippen LogP contribution in [0.3, 0.4) is 0 Å². The number of hydrogen-bond donors (Lipinski definition) is 2. The zero-order valence-electron chi connectivity index (χ0n) is 12.6. The van der Waals surface area contributed by atoms with Crippen LogP contribution >= 0.6 is 11.6 Å². The molecule has 0 fully saturated rings. The molecule has 0 aliphatic heterocycles. The molecule has 6 heteroatoms. The van der Waals surface area contributed by atoms with E-state index < -0.39 is 11.8 Å². The molecule has 2 aromatic rings. The number of nitriles is 1. The maximum atomic E-state index is 12.0. The number of para-hydroxylation sites is 1. The van der Waals surface area contributed by atoms with E-state index >= 15 is 0 Å². The van der Waals surface area contributed by atoms with Gasteiger partial charge in [0.15, 0.2) is 0 Å². The summed E-state index contributed by atoms with van der Waals surface area (Å²) in [7, 11) is 0. The number of hydrogen-bond acceptors (Lipinski definition) is 3. The zero-order chi connectivity index (χ0) is 17.0. The molecule has 0 bridgehead atoms. The van der Waals surface area contributed by atoms with E-state index in [-0.39, 0.29) is 11.3 Å². The second kappa shape index (κ2) is 6.95. The summed E-state index contributed by atoms with van der Waals surface area (Å²) in [6, 6.07) is 11.9. The molecule has 2 amide bonds. The van der Waals surface area contributed by atoms with Crippen LogP contribution in [0.2, 0.25) is 5.02 Å². The van der Waals surface area contributed by atoms with Crippen LogP contribution in [0, 0.1) is 25.2 Å². The lowest BCUT2D eigenvalue weighted by Crippen LogP contribution is -2.29. The van der Waals surface area contributed by atoms with Gasteiger partial charge in [0, 0.05) is 0 Å². The molecule has 0 aliphatic carbocycles. The number of carbonyl (C=O) groups excluding carboxylic acids is 2. The van der Waals surface area contributed by atoms with Crippen molar-refractivity contribution in [2.45, 2.75) is 13.8 Å². The Bertz CT molecular complexity index is 802. The first kappa shape index (κ1) is 16.5. The normalized spacial score (nSPS) is 9.83. The Morgan fingerprint density at radius 1 is 1.09 bits per heavy atom. The van der Waals surface area contributed by atoms with E-state index in [4.69, 9.17) is 16.9 Å². The Kier molecular flexibility index (Phi) is 4.99. The van der Waals surface area contributed by atoms with Crippen LogP contribution in [0.25, 0.3) is 0 Å². The van der Waals surface area contributed by atoms with Gasteiger partial charge in [0.1, 0.15) is 6.07 Å². The third-order valence-corrected chi connectivity index (χ3v) is 3.47. The first-order valence-electron chi connectivity index (χ1n) is 6.80. The van der Waals surface area contributed by atoms with E-state index in [9.17, 15) is 9.59 Å². The molecule has 0 spiro atoms. The lowest BCUT2D eigenvalue weighted by Gasteiger charge is -2.12. The average molecular weight is 328 g/mol. The van der Waals surface area contributed by atoms with E-state index in [0.717, 1.165) is 11.1 Å². The van der Waals surface area contributed by atoms with Crippen molar-refractivity contribution in [2.24, 2.45) is 0 Å². The number of carbonyl (C=O) groups is 2. The number of aryl methyl sites for hydroxylation is 2. The van der Waals surface area contributed by atoms with Gasteiger partial charge in [-0.15, -0.1) is 0 Å². The van der Waals surface area contributed by atoms with E-state index in [0.29, 0.717) is 10.7 Å². The smallest absolute Gasteiger partial charge is 0.314 e. The molecule has 0 radical (unpaired) electrons. The number of anilines is 2. The Morgan fingerprint density at radius 3 is 2.39 bits per heavy atom. The maximum absolute atomic E-state index is 12.0. The summed E-state index contributed by atoms with van der Waals surface area (Å²) in [5, 5.41) is 14.3. The van der Waals surface area contributed by atoms with Gasteiger partial charge in [-0.2, -0.15) is 5.26 Å². The van der Waals surface area contributed by atoms with Crippen LogP contribution in [-0.4, -0.2) is 11.8 Å². The van der Waals surface area contributed by atoms with Crippen LogP contribution in [0.4, 0.5) is 11.4 Å². The van der Waals surface area contributed by atoms with Crippen LogP contribution < -0.4 is 10.6 Å². The van der Waals surface area contributed by atoms with Crippen molar-refractivity contribution in [1.29, 1.82) is 5.26 Å². The summed E-state index contributed by atoms with van der Waals surface area (Å²) < 4.78 is 0. The SMILES string of the molecule is Cc1cc(C)c(NC(=O)C(=O)Nc2ccccc2C#N)c(Cl)c1. The minimum Gasteiger partial charge on any atom is -0.317 e. The molecule has 0 atom stereocenters. The van der Waals surface area contributed by atoms with Crippen LogP contribution in [0.5, 0.6) is 0 Å². The van der Waals surface area contributed by atoms with Gasteiger partial charge in [0.2, 0.25) is 0 Å². The fourth-order valence-corrected chi connectivity index (χ4v) is 2.48. The molecular formula is C17H14ClN3O2. The number of amides is 2. The molecule has 0 saturated heterocycles. The van der Waals surface area contributed by atoms with E-state index in [1.807, 2.05) is 19.1 Å². The summed E-state index contributed by atoms with van der Waals surface area (Å²) in [5.74, 6) is -1.73. The van der Waals surface area contributed by atoms with Gasteiger partial charge in [-0.25, -0.2) is 0 Å². The van der Waals surface area contributed by atoms with Gasteiger partial charge in [-0.05, 0) is 43.2 Å². The minimum atomic E-state index is -0.872. The first-order chi connectivity index (χ1) is 10.9. The highest BCUT2D eigenvalue weighted by molar-refractivity contribution is 6.45. The molecular weight excluding hydrogens is 314 g/mol. The van der Waals surface area contributed by atoms with Crippen molar-refractivity contribution in [3.8, 4) is 6.07 Å². The van der Waals surface area contributed by atoms with Gasteiger partial charge in [-0.3, -0.25) is 9.59 Å². The molecule has 0 saturated carbocycles. The molecule has 0 aromatic heterocycles. The lowest BCUT2D eigenvalue weighted by atomic mass is 10.1. The van der Waals surface area contributed by atoms with Crippen molar-refractivity contribution >= 4 is 34.8 Å². The molecule has 2 N–H and O–H groups in total. The highest BCUT2D eigenvalue weighted by Gasteiger charge is 2.18. The van der Waals surface area contributed by atoms with Gasteiger partial charge in [-0.1, -0.05) is 29.8 Å². The van der Waals surface area contributed by atoms with Crippen molar-refractivity contribution in [3.05, 3.63) is 58.1 Å². The molecule has 0 unspecified atom stereocenters.